The lowest BCUT2D eigenvalue weighted by Crippen LogP contribution is -2.40. The first kappa shape index (κ1) is 10.6. The zero-order valence-electron chi connectivity index (χ0n) is 8.03. The summed E-state index contributed by atoms with van der Waals surface area (Å²) in [5.41, 5.74) is 5.59. The lowest BCUT2D eigenvalue weighted by atomic mass is 10.2. The van der Waals surface area contributed by atoms with Gasteiger partial charge in [0, 0.05) is 0 Å². The summed E-state index contributed by atoms with van der Waals surface area (Å²) in [6, 6.07) is -0.452. The second kappa shape index (κ2) is 5.28. The molecule has 0 saturated carbocycles. The van der Waals surface area contributed by atoms with E-state index in [0.29, 0.717) is 12.2 Å². The van der Waals surface area contributed by atoms with Gasteiger partial charge in [-0.3, -0.25) is 4.79 Å². The van der Waals surface area contributed by atoms with Crippen LogP contribution in [-0.4, -0.2) is 32.6 Å². The first-order valence-electron chi connectivity index (χ1n) is 4.49. The number of tetrazole rings is 1. The van der Waals surface area contributed by atoms with Gasteiger partial charge in [-0.2, -0.15) is 5.21 Å². The number of aromatic amines is 1. The Balaban J connectivity index is 2.27. The van der Waals surface area contributed by atoms with Crippen LogP contribution in [-0.2, 0) is 11.3 Å². The summed E-state index contributed by atoms with van der Waals surface area (Å²) in [6.07, 6.45) is 1.56. The maximum Gasteiger partial charge on any atom is 0.237 e. The van der Waals surface area contributed by atoms with Crippen LogP contribution >= 0.6 is 0 Å². The number of aromatic nitrogens is 4. The molecule has 14 heavy (non-hydrogen) atoms. The van der Waals surface area contributed by atoms with Gasteiger partial charge in [0.25, 0.3) is 0 Å². The standard InChI is InChI=1S/C7H14N6O/c1-2-3-5(8)7(14)9-4-6-10-12-13-11-6/h5H,2-4,8H2,1H3,(H,9,14)(H,10,11,12,13)/t5-/m1/s1. The van der Waals surface area contributed by atoms with Crippen molar-refractivity contribution in [3.63, 3.8) is 0 Å². The number of carbonyl (C=O) groups is 1. The summed E-state index contributed by atoms with van der Waals surface area (Å²) < 4.78 is 0. The fourth-order valence-electron chi connectivity index (χ4n) is 0.997. The Bertz CT molecular complexity index is 272. The molecule has 1 aromatic rings. The van der Waals surface area contributed by atoms with Crippen molar-refractivity contribution in [3.8, 4) is 0 Å². The molecule has 1 rings (SSSR count). The molecule has 1 heterocycles. The zero-order valence-corrected chi connectivity index (χ0v) is 8.03. The van der Waals surface area contributed by atoms with Crippen LogP contribution in [0.3, 0.4) is 0 Å². The lowest BCUT2D eigenvalue weighted by molar-refractivity contribution is -0.122. The van der Waals surface area contributed by atoms with Crippen LogP contribution in [0.5, 0.6) is 0 Å². The van der Waals surface area contributed by atoms with Crippen LogP contribution in [0, 0.1) is 0 Å². The highest BCUT2D eigenvalue weighted by Gasteiger charge is 2.12. The van der Waals surface area contributed by atoms with Crippen LogP contribution in [0.15, 0.2) is 0 Å². The van der Waals surface area contributed by atoms with E-state index in [-0.39, 0.29) is 12.5 Å². The molecule has 0 aliphatic heterocycles. The van der Waals surface area contributed by atoms with Gasteiger partial charge in [-0.05, 0) is 6.42 Å². The molecule has 0 saturated heterocycles. The van der Waals surface area contributed by atoms with Crippen LogP contribution in [0.4, 0.5) is 0 Å². The fraction of sp³-hybridized carbons (Fsp3) is 0.714. The van der Waals surface area contributed by atoms with Gasteiger partial charge < -0.3 is 11.1 Å². The smallest absolute Gasteiger partial charge is 0.237 e. The van der Waals surface area contributed by atoms with Crippen molar-refractivity contribution in [1.29, 1.82) is 0 Å². The topological polar surface area (TPSA) is 110 Å². The van der Waals surface area contributed by atoms with Gasteiger partial charge in [-0.15, -0.1) is 10.2 Å². The van der Waals surface area contributed by atoms with Gasteiger partial charge in [0.1, 0.15) is 0 Å². The number of hydrogen-bond donors (Lipinski definition) is 3. The average molecular weight is 198 g/mol. The number of carbonyl (C=O) groups excluding carboxylic acids is 1. The molecular formula is C7H14N6O. The third-order valence-electron chi connectivity index (χ3n) is 1.75. The minimum atomic E-state index is -0.452. The van der Waals surface area contributed by atoms with Crippen LogP contribution in [0.25, 0.3) is 0 Å². The monoisotopic (exact) mass is 198 g/mol. The molecule has 0 bridgehead atoms. The predicted molar refractivity (Wildman–Crippen MR) is 48.9 cm³/mol. The van der Waals surface area contributed by atoms with Gasteiger partial charge in [-0.25, -0.2) is 0 Å². The molecule has 0 unspecified atom stereocenters. The molecular weight excluding hydrogens is 184 g/mol. The summed E-state index contributed by atoms with van der Waals surface area (Å²) in [4.78, 5) is 11.3. The zero-order chi connectivity index (χ0) is 10.4. The Kier molecular flexibility index (Phi) is 3.99. The van der Waals surface area contributed by atoms with Crippen molar-refractivity contribution in [2.24, 2.45) is 5.73 Å². The number of nitrogens with two attached hydrogens (primary N) is 1. The van der Waals surface area contributed by atoms with Gasteiger partial charge in [0.15, 0.2) is 5.82 Å². The van der Waals surface area contributed by atoms with Gasteiger partial charge in [0.05, 0.1) is 12.6 Å². The Morgan fingerprint density at radius 1 is 1.71 bits per heavy atom. The Labute approximate surface area is 81.4 Å². The SMILES string of the molecule is CCC[C@@H](N)C(=O)NCc1nn[nH]n1. The fourth-order valence-corrected chi connectivity index (χ4v) is 0.997. The number of nitrogens with zero attached hydrogens (tertiary/aromatic N) is 3. The summed E-state index contributed by atoms with van der Waals surface area (Å²) in [5, 5.41) is 15.7. The first-order valence-corrected chi connectivity index (χ1v) is 4.49. The molecule has 78 valence electrons. The van der Waals surface area contributed by atoms with Gasteiger partial charge in [0.2, 0.25) is 5.91 Å². The molecule has 1 amide bonds. The van der Waals surface area contributed by atoms with E-state index in [1.165, 1.54) is 0 Å². The van der Waals surface area contributed by atoms with Gasteiger partial charge in [-0.1, -0.05) is 18.6 Å². The van der Waals surface area contributed by atoms with Crippen molar-refractivity contribution < 1.29 is 4.79 Å². The highest BCUT2D eigenvalue weighted by molar-refractivity contribution is 5.81. The van der Waals surface area contributed by atoms with E-state index in [4.69, 9.17) is 5.73 Å². The highest BCUT2D eigenvalue weighted by atomic mass is 16.2. The number of rotatable bonds is 5. The number of amides is 1. The average Bonchev–Trinajstić information content (AvgIpc) is 2.67. The van der Waals surface area contributed by atoms with Crippen molar-refractivity contribution in [2.75, 3.05) is 0 Å². The molecule has 7 nitrogen and oxygen atoms in total. The summed E-state index contributed by atoms with van der Waals surface area (Å²) in [6.45, 7) is 2.24. The van der Waals surface area contributed by atoms with E-state index < -0.39 is 6.04 Å². The molecule has 1 atom stereocenters. The largest absolute Gasteiger partial charge is 0.347 e. The van der Waals surface area contributed by atoms with Crippen LogP contribution in [0.1, 0.15) is 25.6 Å². The second-order valence-electron chi connectivity index (χ2n) is 2.94. The Morgan fingerprint density at radius 2 is 2.50 bits per heavy atom. The second-order valence-corrected chi connectivity index (χ2v) is 2.94. The minimum Gasteiger partial charge on any atom is -0.347 e. The van der Waals surface area contributed by atoms with Crippen molar-refractivity contribution in [2.45, 2.75) is 32.4 Å². The molecule has 0 fully saturated rings. The summed E-state index contributed by atoms with van der Waals surface area (Å²) in [5.74, 6) is 0.263. The lowest BCUT2D eigenvalue weighted by Gasteiger charge is -2.09. The Morgan fingerprint density at radius 3 is 3.07 bits per heavy atom. The first-order chi connectivity index (χ1) is 6.74. The maximum absolute atomic E-state index is 11.3. The van der Waals surface area contributed by atoms with Crippen LogP contribution < -0.4 is 11.1 Å². The summed E-state index contributed by atoms with van der Waals surface area (Å²) in [7, 11) is 0. The molecule has 0 aliphatic carbocycles. The minimum absolute atomic E-state index is 0.184. The number of nitrogens with one attached hydrogen (secondary N) is 2. The third-order valence-corrected chi connectivity index (χ3v) is 1.75. The summed E-state index contributed by atoms with van der Waals surface area (Å²) >= 11 is 0. The van der Waals surface area contributed by atoms with E-state index in [1.807, 2.05) is 6.92 Å². The molecule has 1 aromatic heterocycles. The normalized spacial score (nSPS) is 12.4. The Hall–Kier alpha value is -1.50. The van der Waals surface area contributed by atoms with E-state index in [0.717, 1.165) is 6.42 Å². The van der Waals surface area contributed by atoms with Crippen LogP contribution in [0.2, 0.25) is 0 Å². The molecule has 4 N–H and O–H groups in total. The molecule has 0 spiro atoms. The highest BCUT2D eigenvalue weighted by Crippen LogP contribution is 1.93. The molecule has 0 radical (unpaired) electrons. The van der Waals surface area contributed by atoms with Crippen molar-refractivity contribution in [3.05, 3.63) is 5.82 Å². The third kappa shape index (κ3) is 3.09. The quantitative estimate of drug-likeness (QED) is 0.559. The molecule has 0 aromatic carbocycles. The number of hydrogen-bond acceptors (Lipinski definition) is 5. The molecule has 7 heteroatoms. The van der Waals surface area contributed by atoms with Gasteiger partial charge >= 0.3 is 0 Å². The molecule has 0 aliphatic rings. The van der Waals surface area contributed by atoms with E-state index in [1.54, 1.807) is 0 Å². The van der Waals surface area contributed by atoms with E-state index >= 15 is 0 Å². The number of H-pyrrole nitrogens is 1. The van der Waals surface area contributed by atoms with Crippen molar-refractivity contribution in [1.82, 2.24) is 25.9 Å². The maximum atomic E-state index is 11.3. The predicted octanol–water partition coefficient (Wildman–Crippen LogP) is -1.06. The van der Waals surface area contributed by atoms with E-state index in [9.17, 15) is 4.79 Å². The van der Waals surface area contributed by atoms with Crippen molar-refractivity contribution >= 4 is 5.91 Å². The van der Waals surface area contributed by atoms with E-state index in [2.05, 4.69) is 25.9 Å².